The summed E-state index contributed by atoms with van der Waals surface area (Å²) >= 11 is 0. The lowest BCUT2D eigenvalue weighted by atomic mass is 9.99. The minimum Gasteiger partial charge on any atom is -0.339 e. The van der Waals surface area contributed by atoms with E-state index in [0.717, 1.165) is 38.6 Å². The molecule has 2 atom stereocenters. The first kappa shape index (κ1) is 15.5. The summed E-state index contributed by atoms with van der Waals surface area (Å²) in [6, 6.07) is 0.467. The van der Waals surface area contributed by atoms with Gasteiger partial charge in [0.2, 0.25) is 5.91 Å². The van der Waals surface area contributed by atoms with Crippen LogP contribution in [0.5, 0.6) is 0 Å². The van der Waals surface area contributed by atoms with Gasteiger partial charge in [0.1, 0.15) is 0 Å². The molecule has 0 aromatic carbocycles. The molecule has 0 spiro atoms. The fourth-order valence-corrected chi connectivity index (χ4v) is 3.05. The van der Waals surface area contributed by atoms with Crippen molar-refractivity contribution in [3.8, 4) is 0 Å². The van der Waals surface area contributed by atoms with Crippen LogP contribution in [0.1, 0.15) is 59.8 Å². The van der Waals surface area contributed by atoms with Crippen molar-refractivity contribution in [2.24, 2.45) is 17.6 Å². The van der Waals surface area contributed by atoms with E-state index in [9.17, 15) is 4.79 Å². The fourth-order valence-electron chi connectivity index (χ4n) is 3.05. The van der Waals surface area contributed by atoms with E-state index in [0.29, 0.717) is 17.9 Å². The third kappa shape index (κ3) is 3.71. The number of rotatable bonds is 6. The van der Waals surface area contributed by atoms with Crippen LogP contribution in [0.25, 0.3) is 0 Å². The smallest absolute Gasteiger partial charge is 0.227 e. The van der Waals surface area contributed by atoms with E-state index in [4.69, 9.17) is 5.73 Å². The molecule has 2 N–H and O–H groups in total. The van der Waals surface area contributed by atoms with Gasteiger partial charge in [-0.25, -0.2) is 0 Å². The zero-order valence-corrected chi connectivity index (χ0v) is 12.5. The van der Waals surface area contributed by atoms with Crippen molar-refractivity contribution in [1.29, 1.82) is 0 Å². The van der Waals surface area contributed by atoms with E-state index in [1.165, 1.54) is 0 Å². The van der Waals surface area contributed by atoms with Crippen molar-refractivity contribution in [3.63, 3.8) is 0 Å². The molecule has 1 rings (SSSR count). The molecular weight excluding hydrogens is 224 g/mol. The van der Waals surface area contributed by atoms with Gasteiger partial charge in [0.15, 0.2) is 0 Å². The molecule has 3 nitrogen and oxygen atoms in total. The quantitative estimate of drug-likeness (QED) is 0.792. The molecule has 0 aromatic rings. The Hall–Kier alpha value is -0.570. The highest BCUT2D eigenvalue weighted by molar-refractivity contribution is 5.80. The molecule has 18 heavy (non-hydrogen) atoms. The van der Waals surface area contributed by atoms with Gasteiger partial charge in [-0.3, -0.25) is 4.79 Å². The average Bonchev–Trinajstić information content (AvgIpc) is 2.74. The van der Waals surface area contributed by atoms with Gasteiger partial charge in [-0.05, 0) is 31.6 Å². The molecule has 0 radical (unpaired) electrons. The number of amides is 1. The van der Waals surface area contributed by atoms with E-state index < -0.39 is 0 Å². The van der Waals surface area contributed by atoms with Crippen LogP contribution in [-0.2, 0) is 4.79 Å². The Labute approximate surface area is 112 Å². The number of hydrogen-bond donors (Lipinski definition) is 1. The first-order chi connectivity index (χ1) is 8.51. The third-order valence-electron chi connectivity index (χ3n) is 4.11. The van der Waals surface area contributed by atoms with Crippen LogP contribution >= 0.6 is 0 Å². The topological polar surface area (TPSA) is 46.3 Å². The van der Waals surface area contributed by atoms with Gasteiger partial charge in [0, 0.05) is 18.6 Å². The lowest BCUT2D eigenvalue weighted by Gasteiger charge is -2.35. The summed E-state index contributed by atoms with van der Waals surface area (Å²) in [6.45, 7) is 9.57. The van der Waals surface area contributed by atoms with Gasteiger partial charge < -0.3 is 10.6 Å². The van der Waals surface area contributed by atoms with E-state index in [2.05, 4.69) is 32.6 Å². The van der Waals surface area contributed by atoms with Crippen LogP contribution in [-0.4, -0.2) is 29.4 Å². The zero-order valence-electron chi connectivity index (χ0n) is 12.5. The SMILES string of the molecule is CCC(CC)N(CC(C)C)C(=O)C1CCCC1N. The maximum atomic E-state index is 12.7. The van der Waals surface area contributed by atoms with E-state index >= 15 is 0 Å². The number of carbonyl (C=O) groups is 1. The Kier molecular flexibility index (Phi) is 6.13. The fraction of sp³-hybridized carbons (Fsp3) is 0.933. The normalized spacial score (nSPS) is 23.9. The van der Waals surface area contributed by atoms with Gasteiger partial charge in [-0.1, -0.05) is 34.1 Å². The van der Waals surface area contributed by atoms with E-state index in [-0.39, 0.29) is 12.0 Å². The molecular formula is C15H30N2O. The van der Waals surface area contributed by atoms with Crippen molar-refractivity contribution in [1.82, 2.24) is 4.90 Å². The minimum absolute atomic E-state index is 0.0735. The molecule has 1 aliphatic rings. The second kappa shape index (κ2) is 7.13. The highest BCUT2D eigenvalue weighted by Gasteiger charge is 2.35. The molecule has 1 saturated carbocycles. The number of nitrogens with zero attached hydrogens (tertiary/aromatic N) is 1. The summed E-state index contributed by atoms with van der Waals surface area (Å²) in [4.78, 5) is 14.8. The predicted octanol–water partition coefficient (Wildman–Crippen LogP) is 2.79. The van der Waals surface area contributed by atoms with Crippen molar-refractivity contribution in [3.05, 3.63) is 0 Å². The van der Waals surface area contributed by atoms with Crippen molar-refractivity contribution in [2.75, 3.05) is 6.54 Å². The van der Waals surface area contributed by atoms with Gasteiger partial charge in [0.25, 0.3) is 0 Å². The van der Waals surface area contributed by atoms with Crippen LogP contribution < -0.4 is 5.73 Å². The third-order valence-corrected chi connectivity index (χ3v) is 4.11. The van der Waals surface area contributed by atoms with Gasteiger partial charge >= 0.3 is 0 Å². The number of nitrogens with two attached hydrogens (primary N) is 1. The van der Waals surface area contributed by atoms with E-state index in [1.54, 1.807) is 0 Å². The molecule has 0 saturated heterocycles. The molecule has 1 amide bonds. The molecule has 1 aliphatic carbocycles. The van der Waals surface area contributed by atoms with Crippen LogP contribution in [0.4, 0.5) is 0 Å². The first-order valence-corrected chi connectivity index (χ1v) is 7.57. The van der Waals surface area contributed by atoms with Gasteiger partial charge in [-0.15, -0.1) is 0 Å². The maximum Gasteiger partial charge on any atom is 0.227 e. The maximum absolute atomic E-state index is 12.7. The van der Waals surface area contributed by atoms with Crippen molar-refractivity contribution in [2.45, 2.75) is 71.9 Å². The molecule has 0 bridgehead atoms. The van der Waals surface area contributed by atoms with Crippen LogP contribution in [0.2, 0.25) is 0 Å². The molecule has 106 valence electrons. The number of carbonyl (C=O) groups excluding carboxylic acids is 1. The summed E-state index contributed by atoms with van der Waals surface area (Å²) in [5, 5.41) is 0. The summed E-state index contributed by atoms with van der Waals surface area (Å²) in [5.41, 5.74) is 6.08. The number of hydrogen-bond acceptors (Lipinski definition) is 2. The Morgan fingerprint density at radius 1 is 1.28 bits per heavy atom. The molecule has 3 heteroatoms. The van der Waals surface area contributed by atoms with Crippen LogP contribution in [0.15, 0.2) is 0 Å². The highest BCUT2D eigenvalue weighted by Crippen LogP contribution is 2.27. The molecule has 2 unspecified atom stereocenters. The van der Waals surface area contributed by atoms with Crippen LogP contribution in [0.3, 0.4) is 0 Å². The summed E-state index contributed by atoms with van der Waals surface area (Å²) < 4.78 is 0. The monoisotopic (exact) mass is 254 g/mol. The second-order valence-electron chi connectivity index (χ2n) is 6.06. The largest absolute Gasteiger partial charge is 0.339 e. The van der Waals surface area contributed by atoms with Crippen LogP contribution in [0, 0.1) is 11.8 Å². The Morgan fingerprint density at radius 3 is 2.28 bits per heavy atom. The lowest BCUT2D eigenvalue weighted by Crippen LogP contribution is -2.48. The van der Waals surface area contributed by atoms with Crippen molar-refractivity contribution < 1.29 is 4.79 Å². The average molecular weight is 254 g/mol. The minimum atomic E-state index is 0.0735. The van der Waals surface area contributed by atoms with Crippen molar-refractivity contribution >= 4 is 5.91 Å². The second-order valence-corrected chi connectivity index (χ2v) is 6.06. The molecule has 0 heterocycles. The molecule has 0 aliphatic heterocycles. The van der Waals surface area contributed by atoms with E-state index in [1.807, 2.05) is 0 Å². The first-order valence-electron chi connectivity index (χ1n) is 7.57. The van der Waals surface area contributed by atoms with Gasteiger partial charge in [-0.2, -0.15) is 0 Å². The standard InChI is InChI=1S/C15H30N2O/c1-5-12(6-2)17(10-11(3)4)15(18)13-8-7-9-14(13)16/h11-14H,5-10,16H2,1-4H3. The summed E-state index contributed by atoms with van der Waals surface area (Å²) in [6.07, 6.45) is 5.17. The van der Waals surface area contributed by atoms with Gasteiger partial charge in [0.05, 0.1) is 5.92 Å². The Morgan fingerprint density at radius 2 is 1.89 bits per heavy atom. The zero-order chi connectivity index (χ0) is 13.7. The molecule has 0 aromatic heterocycles. The lowest BCUT2D eigenvalue weighted by molar-refractivity contribution is -0.139. The predicted molar refractivity (Wildman–Crippen MR) is 76.2 cm³/mol. The summed E-state index contributed by atoms with van der Waals surface area (Å²) in [7, 11) is 0. The Bertz CT molecular complexity index is 261. The highest BCUT2D eigenvalue weighted by atomic mass is 16.2. The molecule has 1 fully saturated rings. The Balaban J connectivity index is 2.77. The summed E-state index contributed by atoms with van der Waals surface area (Å²) in [5.74, 6) is 0.902.